The quantitative estimate of drug-likeness (QED) is 0.302. The van der Waals surface area contributed by atoms with Crippen molar-refractivity contribution in [2.24, 2.45) is 5.92 Å². The van der Waals surface area contributed by atoms with Crippen molar-refractivity contribution in [2.75, 3.05) is 0 Å². The molecule has 0 aromatic heterocycles. The van der Waals surface area contributed by atoms with Gasteiger partial charge < -0.3 is 0 Å². The first kappa shape index (κ1) is 19.5. The Balaban J connectivity index is 2.29. The Hall–Kier alpha value is -0.520. The molecule has 1 atom stereocenters. The van der Waals surface area contributed by atoms with Gasteiger partial charge in [-0.15, -0.1) is 0 Å². The smallest absolute Gasteiger partial charge is 0.0165 e. The standard InChI is InChI=1S/C22H40/c1-4-7-9-11-13-15-20-17-18-22(21(6-3)19-20)16-14-12-10-8-5-2/h17-18,21H,4-16,19H2,1-3H3. The molecular weight excluding hydrogens is 264 g/mol. The summed E-state index contributed by atoms with van der Waals surface area (Å²) in [5, 5.41) is 0. The van der Waals surface area contributed by atoms with Crippen LogP contribution in [-0.4, -0.2) is 0 Å². The average Bonchev–Trinajstić information content (AvgIpc) is 2.55. The maximum Gasteiger partial charge on any atom is -0.0165 e. The minimum Gasteiger partial charge on any atom is -0.0696 e. The van der Waals surface area contributed by atoms with Gasteiger partial charge in [-0.2, -0.15) is 0 Å². The van der Waals surface area contributed by atoms with Gasteiger partial charge in [0, 0.05) is 0 Å². The lowest BCUT2D eigenvalue weighted by molar-refractivity contribution is 0.520. The molecular formula is C22H40. The molecule has 0 bridgehead atoms. The highest BCUT2D eigenvalue weighted by molar-refractivity contribution is 5.26. The predicted octanol–water partition coefficient (Wildman–Crippen LogP) is 7.99. The molecule has 0 saturated heterocycles. The predicted molar refractivity (Wildman–Crippen MR) is 101 cm³/mol. The topological polar surface area (TPSA) is 0 Å². The maximum atomic E-state index is 2.48. The monoisotopic (exact) mass is 304 g/mol. The first-order valence-corrected chi connectivity index (χ1v) is 10.2. The van der Waals surface area contributed by atoms with E-state index in [1.807, 2.05) is 0 Å². The highest BCUT2D eigenvalue weighted by Gasteiger charge is 2.17. The van der Waals surface area contributed by atoms with Crippen LogP contribution in [0.15, 0.2) is 23.3 Å². The third-order valence-corrected chi connectivity index (χ3v) is 5.23. The normalized spacial score (nSPS) is 18.2. The van der Waals surface area contributed by atoms with Gasteiger partial charge in [-0.3, -0.25) is 0 Å². The minimum absolute atomic E-state index is 0.849. The third kappa shape index (κ3) is 8.20. The van der Waals surface area contributed by atoms with Crippen molar-refractivity contribution in [3.63, 3.8) is 0 Å². The van der Waals surface area contributed by atoms with Crippen LogP contribution in [-0.2, 0) is 0 Å². The number of unbranched alkanes of at least 4 members (excludes halogenated alkanes) is 8. The largest absolute Gasteiger partial charge is 0.0696 e. The summed E-state index contributed by atoms with van der Waals surface area (Å²) in [7, 11) is 0. The second-order valence-corrected chi connectivity index (χ2v) is 7.20. The van der Waals surface area contributed by atoms with E-state index in [-0.39, 0.29) is 0 Å². The lowest BCUT2D eigenvalue weighted by atomic mass is 9.81. The third-order valence-electron chi connectivity index (χ3n) is 5.23. The molecule has 128 valence electrons. The molecule has 1 aliphatic carbocycles. The fourth-order valence-electron chi connectivity index (χ4n) is 3.64. The summed E-state index contributed by atoms with van der Waals surface area (Å²) in [4.78, 5) is 0. The summed E-state index contributed by atoms with van der Waals surface area (Å²) in [6.07, 6.45) is 24.4. The molecule has 0 fully saturated rings. The fourth-order valence-corrected chi connectivity index (χ4v) is 3.64. The molecule has 0 aromatic rings. The van der Waals surface area contributed by atoms with Crippen LogP contribution in [0.4, 0.5) is 0 Å². The molecule has 1 rings (SSSR count). The van der Waals surface area contributed by atoms with Crippen molar-refractivity contribution in [3.05, 3.63) is 23.3 Å². The van der Waals surface area contributed by atoms with E-state index in [0.717, 1.165) is 5.92 Å². The van der Waals surface area contributed by atoms with Gasteiger partial charge >= 0.3 is 0 Å². The van der Waals surface area contributed by atoms with Gasteiger partial charge in [-0.25, -0.2) is 0 Å². The van der Waals surface area contributed by atoms with Gasteiger partial charge in [0.2, 0.25) is 0 Å². The Kier molecular flexibility index (Phi) is 11.5. The minimum atomic E-state index is 0.849. The van der Waals surface area contributed by atoms with Crippen LogP contribution < -0.4 is 0 Å². The lowest BCUT2D eigenvalue weighted by Crippen LogP contribution is -2.09. The molecule has 0 spiro atoms. The Morgan fingerprint density at radius 3 is 1.91 bits per heavy atom. The molecule has 0 amide bonds. The van der Waals surface area contributed by atoms with Crippen LogP contribution >= 0.6 is 0 Å². The van der Waals surface area contributed by atoms with E-state index in [1.165, 1.54) is 89.9 Å². The molecule has 0 saturated carbocycles. The molecule has 0 nitrogen and oxygen atoms in total. The molecule has 0 radical (unpaired) electrons. The summed E-state index contributed by atoms with van der Waals surface area (Å²) >= 11 is 0. The Morgan fingerprint density at radius 1 is 0.727 bits per heavy atom. The zero-order valence-electron chi connectivity index (χ0n) is 15.6. The highest BCUT2D eigenvalue weighted by atomic mass is 14.2. The van der Waals surface area contributed by atoms with Crippen LogP contribution in [0.1, 0.15) is 111 Å². The maximum absolute atomic E-state index is 2.48. The van der Waals surface area contributed by atoms with E-state index >= 15 is 0 Å². The number of allylic oxidation sites excluding steroid dienone is 4. The van der Waals surface area contributed by atoms with Crippen LogP contribution in [0, 0.1) is 5.92 Å². The summed E-state index contributed by atoms with van der Waals surface area (Å²) in [5.74, 6) is 0.849. The van der Waals surface area contributed by atoms with E-state index in [0.29, 0.717) is 0 Å². The van der Waals surface area contributed by atoms with Crippen LogP contribution in [0.2, 0.25) is 0 Å². The van der Waals surface area contributed by atoms with Crippen molar-refractivity contribution in [1.82, 2.24) is 0 Å². The van der Waals surface area contributed by atoms with Gasteiger partial charge in [0.25, 0.3) is 0 Å². The summed E-state index contributed by atoms with van der Waals surface area (Å²) < 4.78 is 0. The molecule has 0 heteroatoms. The van der Waals surface area contributed by atoms with Gasteiger partial charge in [0.05, 0.1) is 0 Å². The van der Waals surface area contributed by atoms with Crippen LogP contribution in [0.5, 0.6) is 0 Å². The highest BCUT2D eigenvalue weighted by Crippen LogP contribution is 2.33. The van der Waals surface area contributed by atoms with Crippen molar-refractivity contribution in [3.8, 4) is 0 Å². The zero-order valence-corrected chi connectivity index (χ0v) is 15.6. The molecule has 0 aromatic carbocycles. The van der Waals surface area contributed by atoms with Crippen LogP contribution in [0.3, 0.4) is 0 Å². The Labute approximate surface area is 140 Å². The average molecular weight is 305 g/mol. The molecule has 0 heterocycles. The number of rotatable bonds is 13. The number of hydrogen-bond acceptors (Lipinski definition) is 0. The van der Waals surface area contributed by atoms with Crippen molar-refractivity contribution in [1.29, 1.82) is 0 Å². The van der Waals surface area contributed by atoms with Crippen molar-refractivity contribution in [2.45, 2.75) is 111 Å². The SMILES string of the molecule is CCCCCCCC1=CC=C(CCCCCCC)C(CC)C1. The van der Waals surface area contributed by atoms with Crippen molar-refractivity contribution < 1.29 is 0 Å². The van der Waals surface area contributed by atoms with E-state index < -0.39 is 0 Å². The van der Waals surface area contributed by atoms with E-state index in [1.54, 1.807) is 11.1 Å². The molecule has 22 heavy (non-hydrogen) atoms. The number of hydrogen-bond donors (Lipinski definition) is 0. The van der Waals surface area contributed by atoms with Gasteiger partial charge in [-0.1, -0.05) is 95.4 Å². The van der Waals surface area contributed by atoms with Gasteiger partial charge in [0.1, 0.15) is 0 Å². The second kappa shape index (κ2) is 13.0. The second-order valence-electron chi connectivity index (χ2n) is 7.20. The molecule has 1 unspecified atom stereocenters. The fraction of sp³-hybridized carbons (Fsp3) is 0.818. The zero-order chi connectivity index (χ0) is 16.0. The van der Waals surface area contributed by atoms with Crippen molar-refractivity contribution >= 4 is 0 Å². The Morgan fingerprint density at radius 2 is 1.32 bits per heavy atom. The molecule has 1 aliphatic rings. The van der Waals surface area contributed by atoms with E-state index in [2.05, 4.69) is 32.9 Å². The lowest BCUT2D eigenvalue weighted by Gasteiger charge is -2.24. The van der Waals surface area contributed by atoms with E-state index in [4.69, 9.17) is 0 Å². The first-order chi connectivity index (χ1) is 10.8. The van der Waals surface area contributed by atoms with Crippen LogP contribution in [0.25, 0.3) is 0 Å². The summed E-state index contributed by atoms with van der Waals surface area (Å²) in [6.45, 7) is 6.97. The summed E-state index contributed by atoms with van der Waals surface area (Å²) in [6, 6.07) is 0. The molecule has 0 aliphatic heterocycles. The van der Waals surface area contributed by atoms with Gasteiger partial charge in [0.15, 0.2) is 0 Å². The first-order valence-electron chi connectivity index (χ1n) is 10.2. The Bertz CT molecular complexity index is 321. The molecule has 0 N–H and O–H groups in total. The van der Waals surface area contributed by atoms with Gasteiger partial charge in [-0.05, 0) is 44.4 Å². The van der Waals surface area contributed by atoms with E-state index in [9.17, 15) is 0 Å². The summed E-state index contributed by atoms with van der Waals surface area (Å²) in [5.41, 5.74) is 3.46.